The highest BCUT2D eigenvalue weighted by molar-refractivity contribution is 7.91. The zero-order valence-corrected chi connectivity index (χ0v) is 9.87. The predicted octanol–water partition coefficient (Wildman–Crippen LogP) is -1.01. The van der Waals surface area contributed by atoms with Crippen molar-refractivity contribution in [2.75, 3.05) is 24.6 Å². The first kappa shape index (κ1) is 10.5. The van der Waals surface area contributed by atoms with Gasteiger partial charge in [-0.05, 0) is 12.8 Å². The van der Waals surface area contributed by atoms with E-state index < -0.39 is 9.84 Å². The van der Waals surface area contributed by atoms with Crippen molar-refractivity contribution in [1.29, 1.82) is 0 Å². The molecule has 2 heterocycles. The molecule has 0 unspecified atom stereocenters. The minimum Gasteiger partial charge on any atom is -0.336 e. The van der Waals surface area contributed by atoms with Crippen LogP contribution in [0.4, 0.5) is 0 Å². The van der Waals surface area contributed by atoms with Crippen molar-refractivity contribution >= 4 is 15.7 Å². The van der Waals surface area contributed by atoms with E-state index in [2.05, 4.69) is 5.32 Å². The normalized spacial score (nSPS) is 37.1. The number of piperazine rings is 1. The SMILES string of the molecule is O=C(C1CC1)N1CCN[C@H]2CS(=O)(=O)C[C@@H]21. The Labute approximate surface area is 95.1 Å². The van der Waals surface area contributed by atoms with Crippen LogP contribution < -0.4 is 5.32 Å². The van der Waals surface area contributed by atoms with Gasteiger partial charge in [0.05, 0.1) is 17.5 Å². The Morgan fingerprint density at radius 3 is 2.69 bits per heavy atom. The van der Waals surface area contributed by atoms with Crippen LogP contribution >= 0.6 is 0 Å². The van der Waals surface area contributed by atoms with E-state index in [0.29, 0.717) is 6.54 Å². The van der Waals surface area contributed by atoms with E-state index in [1.807, 2.05) is 4.90 Å². The molecule has 0 bridgehead atoms. The minimum absolute atomic E-state index is 0.0403. The maximum Gasteiger partial charge on any atom is 0.226 e. The lowest BCUT2D eigenvalue weighted by Gasteiger charge is -2.37. The highest BCUT2D eigenvalue weighted by Gasteiger charge is 2.46. The van der Waals surface area contributed by atoms with Gasteiger partial charge in [0.15, 0.2) is 9.84 Å². The molecule has 5 nitrogen and oxygen atoms in total. The van der Waals surface area contributed by atoms with E-state index in [1.165, 1.54) is 0 Å². The van der Waals surface area contributed by atoms with Gasteiger partial charge in [0.1, 0.15) is 0 Å². The lowest BCUT2D eigenvalue weighted by molar-refractivity contribution is -0.135. The molecule has 2 atom stereocenters. The Morgan fingerprint density at radius 1 is 1.25 bits per heavy atom. The second-order valence-electron chi connectivity index (χ2n) is 5.01. The first-order valence-corrected chi connectivity index (χ1v) is 7.63. The molecule has 1 amide bonds. The number of hydrogen-bond acceptors (Lipinski definition) is 4. The molecule has 0 aromatic rings. The van der Waals surface area contributed by atoms with Crippen LogP contribution in [0.1, 0.15) is 12.8 Å². The van der Waals surface area contributed by atoms with Crippen molar-refractivity contribution < 1.29 is 13.2 Å². The summed E-state index contributed by atoms with van der Waals surface area (Å²) in [6.45, 7) is 1.38. The van der Waals surface area contributed by atoms with Gasteiger partial charge < -0.3 is 10.2 Å². The zero-order valence-electron chi connectivity index (χ0n) is 9.05. The summed E-state index contributed by atoms with van der Waals surface area (Å²) < 4.78 is 23.1. The zero-order chi connectivity index (χ0) is 11.3. The van der Waals surface area contributed by atoms with Gasteiger partial charge in [0.2, 0.25) is 5.91 Å². The molecule has 16 heavy (non-hydrogen) atoms. The lowest BCUT2D eigenvalue weighted by Crippen LogP contribution is -2.59. The van der Waals surface area contributed by atoms with Gasteiger partial charge >= 0.3 is 0 Å². The molecule has 0 spiro atoms. The smallest absolute Gasteiger partial charge is 0.226 e. The average Bonchev–Trinajstić information content (AvgIpc) is 2.98. The van der Waals surface area contributed by atoms with Crippen molar-refractivity contribution in [2.45, 2.75) is 24.9 Å². The number of fused-ring (bicyclic) bond motifs is 1. The average molecular weight is 244 g/mol. The predicted molar refractivity (Wildman–Crippen MR) is 58.7 cm³/mol. The molecular formula is C10H16N2O3S. The lowest BCUT2D eigenvalue weighted by atomic mass is 10.1. The van der Waals surface area contributed by atoms with Crippen LogP contribution in [0.25, 0.3) is 0 Å². The Hall–Kier alpha value is -0.620. The largest absolute Gasteiger partial charge is 0.336 e. The second kappa shape index (κ2) is 3.43. The van der Waals surface area contributed by atoms with Crippen LogP contribution in [0.5, 0.6) is 0 Å². The number of rotatable bonds is 1. The van der Waals surface area contributed by atoms with Crippen LogP contribution in [0.2, 0.25) is 0 Å². The van der Waals surface area contributed by atoms with Gasteiger partial charge in [-0.2, -0.15) is 0 Å². The molecule has 2 saturated heterocycles. The van der Waals surface area contributed by atoms with Gasteiger partial charge in [-0.3, -0.25) is 4.79 Å². The molecule has 0 radical (unpaired) electrons. The summed E-state index contributed by atoms with van der Waals surface area (Å²) in [7, 11) is -2.96. The van der Waals surface area contributed by atoms with Crippen LogP contribution in [0.15, 0.2) is 0 Å². The summed E-state index contributed by atoms with van der Waals surface area (Å²) in [5.41, 5.74) is 0. The third-order valence-electron chi connectivity index (χ3n) is 3.69. The summed E-state index contributed by atoms with van der Waals surface area (Å²) in [6.07, 6.45) is 1.96. The Morgan fingerprint density at radius 2 is 2.00 bits per heavy atom. The maximum absolute atomic E-state index is 12.0. The molecule has 0 aromatic heterocycles. The standard InChI is InChI=1S/C10H16N2O3S/c13-10(7-1-2-7)12-4-3-11-8-5-16(14,15)6-9(8)12/h7-9,11H,1-6H2/t8-,9-/m0/s1. The first-order valence-electron chi connectivity index (χ1n) is 5.81. The van der Waals surface area contributed by atoms with Crippen molar-refractivity contribution in [3.8, 4) is 0 Å². The van der Waals surface area contributed by atoms with Gasteiger partial charge in [0.25, 0.3) is 0 Å². The molecule has 1 aliphatic carbocycles. The van der Waals surface area contributed by atoms with Crippen molar-refractivity contribution in [3.63, 3.8) is 0 Å². The molecule has 3 rings (SSSR count). The Bertz CT molecular complexity index is 416. The van der Waals surface area contributed by atoms with Crippen LogP contribution in [0, 0.1) is 5.92 Å². The summed E-state index contributed by atoms with van der Waals surface area (Å²) in [5.74, 6) is 0.686. The quantitative estimate of drug-likeness (QED) is 0.642. The number of amides is 1. The van der Waals surface area contributed by atoms with E-state index in [9.17, 15) is 13.2 Å². The van der Waals surface area contributed by atoms with E-state index in [1.54, 1.807) is 0 Å². The van der Waals surface area contributed by atoms with E-state index in [-0.39, 0.29) is 35.4 Å². The fourth-order valence-corrected chi connectivity index (χ4v) is 4.66. The second-order valence-corrected chi connectivity index (χ2v) is 7.16. The van der Waals surface area contributed by atoms with E-state index in [0.717, 1.165) is 19.4 Å². The fraction of sp³-hybridized carbons (Fsp3) is 0.900. The number of hydrogen-bond donors (Lipinski definition) is 1. The van der Waals surface area contributed by atoms with Gasteiger partial charge in [-0.1, -0.05) is 0 Å². The summed E-state index contributed by atoms with van der Waals surface area (Å²) in [6, 6.07) is -0.159. The third kappa shape index (κ3) is 1.73. The third-order valence-corrected chi connectivity index (χ3v) is 5.41. The first-order chi connectivity index (χ1) is 7.57. The molecule has 1 saturated carbocycles. The van der Waals surface area contributed by atoms with Crippen molar-refractivity contribution in [3.05, 3.63) is 0 Å². The van der Waals surface area contributed by atoms with Gasteiger partial charge in [0, 0.05) is 25.0 Å². The summed E-state index contributed by atoms with van der Waals surface area (Å²) in [4.78, 5) is 13.8. The van der Waals surface area contributed by atoms with Crippen LogP contribution in [-0.4, -0.2) is 55.9 Å². The van der Waals surface area contributed by atoms with Crippen LogP contribution in [-0.2, 0) is 14.6 Å². The Kier molecular flexibility index (Phi) is 2.26. The van der Waals surface area contributed by atoms with E-state index >= 15 is 0 Å². The number of carbonyl (C=O) groups excluding carboxylic acids is 1. The highest BCUT2D eigenvalue weighted by Crippen LogP contribution is 2.33. The number of nitrogens with zero attached hydrogens (tertiary/aromatic N) is 1. The molecule has 90 valence electrons. The summed E-state index contributed by atoms with van der Waals surface area (Å²) in [5, 5.41) is 3.21. The molecule has 0 aromatic carbocycles. The van der Waals surface area contributed by atoms with Crippen LogP contribution in [0.3, 0.4) is 0 Å². The molecule has 3 aliphatic rings. The van der Waals surface area contributed by atoms with E-state index in [4.69, 9.17) is 0 Å². The molecule has 6 heteroatoms. The molecule has 1 N–H and O–H groups in total. The maximum atomic E-state index is 12.0. The van der Waals surface area contributed by atoms with Crippen molar-refractivity contribution in [1.82, 2.24) is 10.2 Å². The topological polar surface area (TPSA) is 66.5 Å². The minimum atomic E-state index is -2.96. The number of sulfone groups is 1. The van der Waals surface area contributed by atoms with Gasteiger partial charge in [-0.15, -0.1) is 0 Å². The van der Waals surface area contributed by atoms with Crippen molar-refractivity contribution in [2.24, 2.45) is 5.92 Å². The fourth-order valence-electron chi connectivity index (χ4n) is 2.71. The monoisotopic (exact) mass is 244 g/mol. The number of nitrogens with one attached hydrogen (secondary N) is 1. The number of carbonyl (C=O) groups is 1. The Balaban J connectivity index is 1.81. The summed E-state index contributed by atoms with van der Waals surface area (Å²) >= 11 is 0. The highest BCUT2D eigenvalue weighted by atomic mass is 32.2. The molecular weight excluding hydrogens is 228 g/mol. The molecule has 2 aliphatic heterocycles. The molecule has 3 fully saturated rings. The van der Waals surface area contributed by atoms with Gasteiger partial charge in [-0.25, -0.2) is 8.42 Å².